The third kappa shape index (κ3) is 2.89. The molecule has 2 rings (SSSR count). The first-order chi connectivity index (χ1) is 9.11. The maximum atomic E-state index is 10.6. The lowest BCUT2D eigenvalue weighted by atomic mass is 10.0. The van der Waals surface area contributed by atoms with Crippen molar-refractivity contribution in [1.82, 2.24) is 0 Å². The van der Waals surface area contributed by atoms with Gasteiger partial charge in [-0.2, -0.15) is 0 Å². The first-order valence-electron chi connectivity index (χ1n) is 5.68. The number of benzene rings is 2. The summed E-state index contributed by atoms with van der Waals surface area (Å²) in [4.78, 5) is 10.1. The minimum absolute atomic E-state index is 0.00526. The summed E-state index contributed by atoms with van der Waals surface area (Å²) in [6.45, 7) is 0. The minimum atomic E-state index is -0.813. The topological polar surface area (TPSA) is 72.6 Å². The summed E-state index contributed by atoms with van der Waals surface area (Å²) in [5.41, 5.74) is 1.32. The van der Waals surface area contributed by atoms with E-state index in [1.165, 1.54) is 12.1 Å². The fraction of sp³-hybridized carbons (Fsp3) is 0.143. The van der Waals surface area contributed by atoms with Gasteiger partial charge in [0.25, 0.3) is 5.69 Å². The molecule has 0 bridgehead atoms. The number of aliphatic hydroxyl groups excluding tert-OH is 1. The van der Waals surface area contributed by atoms with Gasteiger partial charge in [-0.15, -0.1) is 0 Å². The molecule has 0 fully saturated rings. The van der Waals surface area contributed by atoms with Crippen LogP contribution in [0, 0.1) is 10.1 Å². The standard InChI is InChI=1S/C14H13NO4/c1-19-13-8-4-11(5-9-13)14(16)10-2-6-12(7-3-10)15(17)18/h2-9,14,16H,1H3/t14-/m1/s1. The van der Waals surface area contributed by atoms with Crippen LogP contribution in [0.2, 0.25) is 0 Å². The van der Waals surface area contributed by atoms with Gasteiger partial charge in [0.15, 0.2) is 0 Å². The lowest BCUT2D eigenvalue weighted by Crippen LogP contribution is -2.00. The van der Waals surface area contributed by atoms with Crippen molar-refractivity contribution in [3.05, 3.63) is 69.8 Å². The van der Waals surface area contributed by atoms with Crippen LogP contribution in [0.1, 0.15) is 17.2 Å². The molecule has 0 radical (unpaired) electrons. The van der Waals surface area contributed by atoms with Gasteiger partial charge in [0, 0.05) is 12.1 Å². The van der Waals surface area contributed by atoms with E-state index >= 15 is 0 Å². The molecule has 5 nitrogen and oxygen atoms in total. The molecular formula is C14H13NO4. The van der Waals surface area contributed by atoms with E-state index in [-0.39, 0.29) is 5.69 Å². The van der Waals surface area contributed by atoms with E-state index < -0.39 is 11.0 Å². The maximum Gasteiger partial charge on any atom is 0.269 e. The molecule has 1 N–H and O–H groups in total. The molecule has 0 unspecified atom stereocenters. The fourth-order valence-electron chi connectivity index (χ4n) is 1.76. The molecule has 2 aromatic rings. The lowest BCUT2D eigenvalue weighted by molar-refractivity contribution is -0.384. The Morgan fingerprint density at radius 1 is 1.05 bits per heavy atom. The fourth-order valence-corrected chi connectivity index (χ4v) is 1.76. The number of hydrogen-bond donors (Lipinski definition) is 1. The Bertz CT molecular complexity index is 563. The molecule has 0 spiro atoms. The zero-order valence-corrected chi connectivity index (χ0v) is 10.3. The minimum Gasteiger partial charge on any atom is -0.497 e. The number of nitro benzene ring substituents is 1. The summed E-state index contributed by atoms with van der Waals surface area (Å²) in [5, 5.41) is 20.7. The van der Waals surface area contributed by atoms with Gasteiger partial charge >= 0.3 is 0 Å². The number of hydrogen-bond acceptors (Lipinski definition) is 4. The van der Waals surface area contributed by atoms with Gasteiger partial charge in [-0.05, 0) is 35.4 Å². The molecule has 1 atom stereocenters. The van der Waals surface area contributed by atoms with E-state index in [1.54, 1.807) is 43.5 Å². The number of methoxy groups -OCH3 is 1. The zero-order valence-electron chi connectivity index (χ0n) is 10.3. The Labute approximate surface area is 110 Å². The Hall–Kier alpha value is -2.40. The van der Waals surface area contributed by atoms with E-state index in [9.17, 15) is 15.2 Å². The van der Waals surface area contributed by atoms with E-state index in [0.717, 1.165) is 0 Å². The van der Waals surface area contributed by atoms with Crippen molar-refractivity contribution >= 4 is 5.69 Å². The van der Waals surface area contributed by atoms with Crippen molar-refractivity contribution in [2.75, 3.05) is 7.11 Å². The molecule has 5 heteroatoms. The molecule has 0 aromatic heterocycles. The molecule has 0 saturated heterocycles. The first kappa shape index (κ1) is 13.0. The summed E-state index contributed by atoms with van der Waals surface area (Å²) >= 11 is 0. The molecular weight excluding hydrogens is 246 g/mol. The average Bonchev–Trinajstić information content (AvgIpc) is 2.46. The molecule has 2 aromatic carbocycles. The Kier molecular flexibility index (Phi) is 3.77. The summed E-state index contributed by atoms with van der Waals surface area (Å²) in [6, 6.07) is 12.9. The highest BCUT2D eigenvalue weighted by Gasteiger charge is 2.12. The molecule has 0 aliphatic carbocycles. The molecule has 0 saturated carbocycles. The van der Waals surface area contributed by atoms with E-state index in [2.05, 4.69) is 0 Å². The third-order valence-corrected chi connectivity index (χ3v) is 2.85. The molecule has 0 aliphatic rings. The zero-order chi connectivity index (χ0) is 13.8. The number of rotatable bonds is 4. The van der Waals surface area contributed by atoms with Gasteiger partial charge in [-0.25, -0.2) is 0 Å². The summed E-state index contributed by atoms with van der Waals surface area (Å²) < 4.78 is 5.04. The number of ether oxygens (including phenoxy) is 1. The van der Waals surface area contributed by atoms with Crippen molar-refractivity contribution in [3.8, 4) is 5.75 Å². The summed E-state index contributed by atoms with van der Waals surface area (Å²) in [7, 11) is 1.57. The highest BCUT2D eigenvalue weighted by Crippen LogP contribution is 2.25. The lowest BCUT2D eigenvalue weighted by Gasteiger charge is -2.11. The Morgan fingerprint density at radius 2 is 1.53 bits per heavy atom. The highest BCUT2D eigenvalue weighted by atomic mass is 16.6. The number of nitro groups is 1. The van der Waals surface area contributed by atoms with Gasteiger partial charge in [-0.3, -0.25) is 10.1 Å². The average molecular weight is 259 g/mol. The molecule has 0 heterocycles. The summed E-state index contributed by atoms with van der Waals surface area (Å²) in [6.07, 6.45) is -0.813. The predicted octanol–water partition coefficient (Wildman–Crippen LogP) is 2.69. The van der Waals surface area contributed by atoms with Crippen molar-refractivity contribution < 1.29 is 14.8 Å². The monoisotopic (exact) mass is 259 g/mol. The van der Waals surface area contributed by atoms with Crippen LogP contribution in [0.5, 0.6) is 5.75 Å². The van der Waals surface area contributed by atoms with Crippen LogP contribution >= 0.6 is 0 Å². The molecule has 0 amide bonds. The van der Waals surface area contributed by atoms with Crippen LogP contribution < -0.4 is 4.74 Å². The van der Waals surface area contributed by atoms with E-state index in [4.69, 9.17) is 4.74 Å². The van der Waals surface area contributed by atoms with Crippen LogP contribution in [0.15, 0.2) is 48.5 Å². The first-order valence-corrected chi connectivity index (χ1v) is 5.68. The van der Waals surface area contributed by atoms with Crippen molar-refractivity contribution in [3.63, 3.8) is 0 Å². The molecule has 0 aliphatic heterocycles. The van der Waals surface area contributed by atoms with Crippen molar-refractivity contribution in [2.45, 2.75) is 6.10 Å². The van der Waals surface area contributed by atoms with Crippen LogP contribution in [0.3, 0.4) is 0 Å². The Balaban J connectivity index is 2.22. The van der Waals surface area contributed by atoms with Gasteiger partial charge in [0.2, 0.25) is 0 Å². The number of nitrogens with zero attached hydrogens (tertiary/aromatic N) is 1. The Morgan fingerprint density at radius 3 is 1.95 bits per heavy atom. The van der Waals surface area contributed by atoms with Gasteiger partial charge < -0.3 is 9.84 Å². The second-order valence-electron chi connectivity index (χ2n) is 4.02. The number of aliphatic hydroxyl groups is 1. The quantitative estimate of drug-likeness (QED) is 0.676. The van der Waals surface area contributed by atoms with Crippen molar-refractivity contribution in [1.29, 1.82) is 0 Å². The maximum absolute atomic E-state index is 10.6. The second kappa shape index (κ2) is 5.49. The summed E-state index contributed by atoms with van der Waals surface area (Å²) in [5.74, 6) is 0.708. The van der Waals surface area contributed by atoms with Crippen LogP contribution in [0.25, 0.3) is 0 Å². The van der Waals surface area contributed by atoms with Gasteiger partial charge in [0.1, 0.15) is 11.9 Å². The third-order valence-electron chi connectivity index (χ3n) is 2.85. The largest absolute Gasteiger partial charge is 0.497 e. The van der Waals surface area contributed by atoms with E-state index in [0.29, 0.717) is 16.9 Å². The highest BCUT2D eigenvalue weighted by molar-refractivity contribution is 5.38. The van der Waals surface area contributed by atoms with Crippen LogP contribution in [0.4, 0.5) is 5.69 Å². The van der Waals surface area contributed by atoms with Crippen molar-refractivity contribution in [2.24, 2.45) is 0 Å². The van der Waals surface area contributed by atoms with E-state index in [1.807, 2.05) is 0 Å². The van der Waals surface area contributed by atoms with Gasteiger partial charge in [-0.1, -0.05) is 12.1 Å². The van der Waals surface area contributed by atoms with Crippen LogP contribution in [-0.2, 0) is 0 Å². The van der Waals surface area contributed by atoms with Crippen LogP contribution in [-0.4, -0.2) is 17.1 Å². The number of non-ortho nitro benzene ring substituents is 1. The van der Waals surface area contributed by atoms with Gasteiger partial charge in [0.05, 0.1) is 12.0 Å². The SMILES string of the molecule is COc1ccc([C@H](O)c2ccc([N+](=O)[O-])cc2)cc1. The molecule has 98 valence electrons. The molecule has 19 heavy (non-hydrogen) atoms. The smallest absolute Gasteiger partial charge is 0.269 e. The second-order valence-corrected chi connectivity index (χ2v) is 4.02. The normalized spacial score (nSPS) is 11.9. The predicted molar refractivity (Wildman–Crippen MR) is 70.2 cm³/mol.